The monoisotopic (exact) mass is 434 g/mol. The van der Waals surface area contributed by atoms with Crippen LogP contribution in [0.15, 0.2) is 24.3 Å². The molecule has 1 atom stereocenters. The lowest BCUT2D eigenvalue weighted by molar-refractivity contribution is 0.0557. The fraction of sp³-hybridized carbons (Fsp3) is 0.867. The van der Waals surface area contributed by atoms with Gasteiger partial charge in [-0.25, -0.2) is 0 Å². The highest BCUT2D eigenvalue weighted by atomic mass is 16.5. The number of rotatable bonds is 25. The Morgan fingerprint density at radius 3 is 1.35 bits per heavy atom. The second-order valence-electron chi connectivity index (χ2n) is 9.52. The summed E-state index contributed by atoms with van der Waals surface area (Å²) < 4.78 is 6.02. The van der Waals surface area contributed by atoms with Crippen molar-refractivity contribution in [2.24, 2.45) is 0 Å². The van der Waals surface area contributed by atoms with Gasteiger partial charge in [-0.2, -0.15) is 0 Å². The molecular weight excluding hydrogens is 376 g/mol. The van der Waals surface area contributed by atoms with Crippen LogP contribution in [0.2, 0.25) is 0 Å². The third kappa shape index (κ3) is 27.4. The van der Waals surface area contributed by atoms with Gasteiger partial charge >= 0.3 is 0 Å². The van der Waals surface area contributed by atoms with E-state index < -0.39 is 0 Å². The van der Waals surface area contributed by atoms with Crippen LogP contribution in [0.1, 0.15) is 156 Å². The van der Waals surface area contributed by atoms with Crippen LogP contribution in [0.25, 0.3) is 0 Å². The number of allylic oxidation sites excluding steroid dienone is 4. The number of hydrogen-bond acceptors (Lipinski definition) is 1. The smallest absolute Gasteiger partial charge is 0.0547 e. The van der Waals surface area contributed by atoms with Crippen molar-refractivity contribution in [2.45, 2.75) is 162 Å². The molecule has 1 heteroatoms. The van der Waals surface area contributed by atoms with E-state index in [0.717, 1.165) is 6.61 Å². The van der Waals surface area contributed by atoms with Crippen molar-refractivity contribution in [3.63, 3.8) is 0 Å². The molecule has 0 radical (unpaired) electrons. The maximum Gasteiger partial charge on any atom is 0.0547 e. The molecule has 0 aliphatic rings. The van der Waals surface area contributed by atoms with E-state index >= 15 is 0 Å². The Labute approximate surface area is 197 Å². The van der Waals surface area contributed by atoms with E-state index in [-0.39, 0.29) is 0 Å². The van der Waals surface area contributed by atoms with Gasteiger partial charge in [-0.1, -0.05) is 122 Å². The van der Waals surface area contributed by atoms with Gasteiger partial charge in [-0.15, -0.1) is 0 Å². The van der Waals surface area contributed by atoms with Crippen molar-refractivity contribution in [1.29, 1.82) is 0 Å². The first kappa shape index (κ1) is 30.4. The summed E-state index contributed by atoms with van der Waals surface area (Å²) in [4.78, 5) is 0. The molecule has 0 rings (SSSR count). The normalized spacial score (nSPS) is 13.0. The highest BCUT2D eigenvalue weighted by Crippen LogP contribution is 2.13. The van der Waals surface area contributed by atoms with E-state index in [1.54, 1.807) is 0 Å². The van der Waals surface area contributed by atoms with Crippen LogP contribution in [0, 0.1) is 0 Å². The Balaban J connectivity index is 3.19. The lowest BCUT2D eigenvalue weighted by Crippen LogP contribution is -2.09. The lowest BCUT2D eigenvalue weighted by Gasteiger charge is -2.13. The topological polar surface area (TPSA) is 9.23 Å². The molecule has 0 aromatic heterocycles. The summed E-state index contributed by atoms with van der Waals surface area (Å²) in [5.41, 5.74) is 0. The van der Waals surface area contributed by atoms with E-state index in [1.807, 2.05) is 0 Å². The highest BCUT2D eigenvalue weighted by Gasteiger charge is 2.02. The fourth-order valence-corrected chi connectivity index (χ4v) is 4.00. The van der Waals surface area contributed by atoms with Gasteiger partial charge in [0.25, 0.3) is 0 Å². The first-order valence-corrected chi connectivity index (χ1v) is 14.2. The summed E-state index contributed by atoms with van der Waals surface area (Å²) in [7, 11) is 0. The van der Waals surface area contributed by atoms with Gasteiger partial charge in [0.2, 0.25) is 0 Å². The third-order valence-corrected chi connectivity index (χ3v) is 6.14. The van der Waals surface area contributed by atoms with E-state index in [4.69, 9.17) is 4.74 Å². The first-order valence-electron chi connectivity index (χ1n) is 14.2. The Hall–Kier alpha value is -0.560. The molecule has 0 saturated heterocycles. The van der Waals surface area contributed by atoms with Gasteiger partial charge < -0.3 is 4.74 Å². The average Bonchev–Trinajstić information content (AvgIpc) is 2.77. The van der Waals surface area contributed by atoms with Crippen molar-refractivity contribution in [2.75, 3.05) is 6.61 Å². The van der Waals surface area contributed by atoms with Crippen LogP contribution in [0.5, 0.6) is 0 Å². The molecular formula is C30H58O. The molecule has 0 saturated carbocycles. The predicted molar refractivity (Wildman–Crippen MR) is 142 cm³/mol. The zero-order valence-electron chi connectivity index (χ0n) is 21.9. The summed E-state index contributed by atoms with van der Waals surface area (Å²) >= 11 is 0. The zero-order chi connectivity index (χ0) is 22.7. The highest BCUT2D eigenvalue weighted by molar-refractivity contribution is 4.81. The van der Waals surface area contributed by atoms with Gasteiger partial charge in [-0.05, 0) is 58.3 Å². The minimum atomic E-state index is 0.454. The molecule has 0 heterocycles. The second kappa shape index (κ2) is 27.5. The molecule has 1 nitrogen and oxygen atoms in total. The SMILES string of the molecule is CCC/C=C\CCCCCCCCCC[C@H](C)OCCCCCCCC/C=C\CCC. The molecule has 0 bridgehead atoms. The van der Waals surface area contributed by atoms with Crippen molar-refractivity contribution >= 4 is 0 Å². The number of hydrogen-bond donors (Lipinski definition) is 0. The second-order valence-corrected chi connectivity index (χ2v) is 9.52. The van der Waals surface area contributed by atoms with Gasteiger partial charge in [-0.3, -0.25) is 0 Å². The van der Waals surface area contributed by atoms with Gasteiger partial charge in [0.1, 0.15) is 0 Å². The third-order valence-electron chi connectivity index (χ3n) is 6.14. The lowest BCUT2D eigenvalue weighted by atomic mass is 10.1. The zero-order valence-corrected chi connectivity index (χ0v) is 21.9. The molecule has 184 valence electrons. The van der Waals surface area contributed by atoms with Crippen LogP contribution < -0.4 is 0 Å². The maximum absolute atomic E-state index is 6.02. The first-order chi connectivity index (χ1) is 15.3. The minimum absolute atomic E-state index is 0.454. The largest absolute Gasteiger partial charge is 0.379 e. The predicted octanol–water partition coefficient (Wildman–Crippen LogP) is 10.7. The summed E-state index contributed by atoms with van der Waals surface area (Å²) in [6.45, 7) is 7.72. The summed E-state index contributed by atoms with van der Waals surface area (Å²) in [6.07, 6.45) is 38.1. The van der Waals surface area contributed by atoms with Gasteiger partial charge in [0.15, 0.2) is 0 Å². The summed E-state index contributed by atoms with van der Waals surface area (Å²) in [5.74, 6) is 0. The van der Waals surface area contributed by atoms with Crippen molar-refractivity contribution in [3.05, 3.63) is 24.3 Å². The van der Waals surface area contributed by atoms with Crippen molar-refractivity contribution < 1.29 is 4.74 Å². The molecule has 0 unspecified atom stereocenters. The Bertz CT molecular complexity index is 371. The van der Waals surface area contributed by atoms with E-state index in [1.165, 1.54) is 135 Å². The molecule has 31 heavy (non-hydrogen) atoms. The summed E-state index contributed by atoms with van der Waals surface area (Å²) in [6, 6.07) is 0. The van der Waals surface area contributed by atoms with E-state index in [2.05, 4.69) is 45.1 Å². The average molecular weight is 435 g/mol. The molecule has 0 aliphatic carbocycles. The van der Waals surface area contributed by atoms with Crippen molar-refractivity contribution in [1.82, 2.24) is 0 Å². The van der Waals surface area contributed by atoms with Crippen LogP contribution in [-0.4, -0.2) is 12.7 Å². The van der Waals surface area contributed by atoms with Crippen molar-refractivity contribution in [3.8, 4) is 0 Å². The molecule has 0 aromatic carbocycles. The van der Waals surface area contributed by atoms with Crippen LogP contribution >= 0.6 is 0 Å². The molecule has 0 aromatic rings. The minimum Gasteiger partial charge on any atom is -0.379 e. The Morgan fingerprint density at radius 1 is 0.484 bits per heavy atom. The van der Waals surface area contributed by atoms with Crippen LogP contribution in [0.3, 0.4) is 0 Å². The standard InChI is InChI=1S/C30H58O/c1-4-6-8-10-12-14-16-17-18-20-22-24-26-28-30(3)31-29-27-25-23-21-19-15-13-11-9-7-5-2/h8-11,30H,4-7,12-29H2,1-3H3/b10-8-,11-9-/t30-/m0/s1. The van der Waals surface area contributed by atoms with E-state index in [9.17, 15) is 0 Å². The molecule has 0 amide bonds. The molecule has 0 N–H and O–H groups in total. The molecule has 0 fully saturated rings. The molecule has 0 aliphatic heterocycles. The van der Waals surface area contributed by atoms with Gasteiger partial charge in [0.05, 0.1) is 6.10 Å². The summed E-state index contributed by atoms with van der Waals surface area (Å²) in [5, 5.41) is 0. The number of unbranched alkanes of at least 4 members (excludes halogenated alkanes) is 16. The van der Waals surface area contributed by atoms with Crippen LogP contribution in [-0.2, 0) is 4.74 Å². The van der Waals surface area contributed by atoms with Crippen LogP contribution in [0.4, 0.5) is 0 Å². The van der Waals surface area contributed by atoms with Gasteiger partial charge in [0, 0.05) is 6.61 Å². The fourth-order valence-electron chi connectivity index (χ4n) is 4.00. The molecule has 0 spiro atoms. The quantitative estimate of drug-likeness (QED) is 0.102. The Kier molecular flexibility index (Phi) is 27.0. The maximum atomic E-state index is 6.02. The van der Waals surface area contributed by atoms with E-state index in [0.29, 0.717) is 6.10 Å². The Morgan fingerprint density at radius 2 is 0.871 bits per heavy atom. The number of ether oxygens (including phenoxy) is 1.